The highest BCUT2D eigenvalue weighted by Crippen LogP contribution is 2.26. The van der Waals surface area contributed by atoms with Gasteiger partial charge in [0, 0.05) is 13.7 Å². The van der Waals surface area contributed by atoms with Gasteiger partial charge in [-0.15, -0.1) is 21.5 Å². The van der Waals surface area contributed by atoms with Crippen LogP contribution in [0.2, 0.25) is 4.34 Å². The number of methoxy groups -OCH3 is 1. The van der Waals surface area contributed by atoms with Crippen molar-refractivity contribution in [1.29, 1.82) is 0 Å². The molecule has 0 amide bonds. The molecule has 10 heteroatoms. The maximum Gasteiger partial charge on any atom is 0.272 e. The molecule has 0 spiro atoms. The third-order valence-corrected chi connectivity index (χ3v) is 5.41. The van der Waals surface area contributed by atoms with E-state index in [1.165, 1.54) is 18.2 Å². The summed E-state index contributed by atoms with van der Waals surface area (Å²) in [5.74, 6) is 0.672. The summed E-state index contributed by atoms with van der Waals surface area (Å²) in [6.07, 6.45) is 0. The van der Waals surface area contributed by atoms with Crippen LogP contribution in [0.3, 0.4) is 0 Å². The lowest BCUT2D eigenvalue weighted by Crippen LogP contribution is -2.14. The number of sulfonamides is 1. The van der Waals surface area contributed by atoms with Crippen molar-refractivity contribution in [3.63, 3.8) is 0 Å². The van der Waals surface area contributed by atoms with Crippen molar-refractivity contribution in [3.05, 3.63) is 28.6 Å². The smallest absolute Gasteiger partial charge is 0.272 e. The lowest BCUT2D eigenvalue weighted by atomic mass is 10.5. The topological polar surface area (TPSA) is 93.2 Å². The summed E-state index contributed by atoms with van der Waals surface area (Å²) in [6.45, 7) is 1.12. The van der Waals surface area contributed by atoms with Gasteiger partial charge in [0.15, 0.2) is 5.82 Å². The molecule has 0 unspecified atom stereocenters. The van der Waals surface area contributed by atoms with Gasteiger partial charge in [-0.1, -0.05) is 11.6 Å². The van der Waals surface area contributed by atoms with Crippen LogP contribution >= 0.6 is 22.9 Å². The highest BCUT2D eigenvalue weighted by molar-refractivity contribution is 7.94. The zero-order valence-corrected chi connectivity index (χ0v) is 13.4. The molecule has 7 nitrogen and oxygen atoms in total. The lowest BCUT2D eigenvalue weighted by molar-refractivity contribution is 0.210. The van der Waals surface area contributed by atoms with E-state index in [0.29, 0.717) is 23.3 Å². The van der Waals surface area contributed by atoms with Crippen molar-refractivity contribution in [1.82, 2.24) is 10.2 Å². The summed E-state index contributed by atoms with van der Waals surface area (Å²) < 4.78 is 31.9. The normalized spacial score (nSPS) is 11.3. The maximum atomic E-state index is 12.1. The molecule has 0 bridgehead atoms. The van der Waals surface area contributed by atoms with Crippen molar-refractivity contribution < 1.29 is 13.2 Å². The summed E-state index contributed by atoms with van der Waals surface area (Å²) >= 11 is 6.70. The first-order valence-electron chi connectivity index (χ1n) is 5.86. The van der Waals surface area contributed by atoms with Crippen molar-refractivity contribution >= 4 is 44.6 Å². The summed E-state index contributed by atoms with van der Waals surface area (Å²) in [5, 5.41) is 10.6. The summed E-state index contributed by atoms with van der Waals surface area (Å²) in [5.41, 5.74) is 0. The van der Waals surface area contributed by atoms with E-state index in [2.05, 4.69) is 20.2 Å². The molecule has 2 N–H and O–H groups in total. The minimum Gasteiger partial charge on any atom is -0.383 e. The zero-order valence-electron chi connectivity index (χ0n) is 11.0. The van der Waals surface area contributed by atoms with Crippen LogP contribution in [-0.2, 0) is 14.8 Å². The number of hydrogen-bond acceptors (Lipinski definition) is 7. The molecule has 2 aromatic rings. The first-order valence-corrected chi connectivity index (χ1v) is 8.54. The molecule has 2 aromatic heterocycles. The fourth-order valence-electron chi connectivity index (χ4n) is 1.39. The zero-order chi connectivity index (χ0) is 15.3. The summed E-state index contributed by atoms with van der Waals surface area (Å²) in [4.78, 5) is 0. The van der Waals surface area contributed by atoms with Crippen molar-refractivity contribution in [3.8, 4) is 0 Å². The van der Waals surface area contributed by atoms with Gasteiger partial charge in [-0.05, 0) is 24.3 Å². The van der Waals surface area contributed by atoms with Gasteiger partial charge >= 0.3 is 0 Å². The number of hydrogen-bond donors (Lipinski definition) is 2. The van der Waals surface area contributed by atoms with E-state index in [-0.39, 0.29) is 10.0 Å². The third kappa shape index (κ3) is 4.53. The van der Waals surface area contributed by atoms with E-state index < -0.39 is 10.0 Å². The van der Waals surface area contributed by atoms with Crippen LogP contribution in [0.1, 0.15) is 0 Å². The second-order valence-corrected chi connectivity index (χ2v) is 7.51. The largest absolute Gasteiger partial charge is 0.383 e. The van der Waals surface area contributed by atoms with Crippen LogP contribution in [-0.4, -0.2) is 38.9 Å². The minimum absolute atomic E-state index is 0.122. The van der Waals surface area contributed by atoms with E-state index in [4.69, 9.17) is 16.3 Å². The molecule has 0 aromatic carbocycles. The van der Waals surface area contributed by atoms with Crippen molar-refractivity contribution in [2.24, 2.45) is 0 Å². The molecular weight excluding hydrogens is 336 g/mol. The van der Waals surface area contributed by atoms with E-state index in [9.17, 15) is 8.42 Å². The minimum atomic E-state index is -3.69. The second kappa shape index (κ2) is 7.03. The van der Waals surface area contributed by atoms with Gasteiger partial charge in [0.25, 0.3) is 10.0 Å². The Kier molecular flexibility index (Phi) is 5.34. The second-order valence-electron chi connectivity index (χ2n) is 3.89. The van der Waals surface area contributed by atoms with Crippen LogP contribution in [0.25, 0.3) is 0 Å². The average molecular weight is 349 g/mol. The number of halogens is 1. The highest BCUT2D eigenvalue weighted by Gasteiger charge is 2.17. The highest BCUT2D eigenvalue weighted by atomic mass is 35.5. The number of anilines is 2. The molecule has 0 aliphatic rings. The van der Waals surface area contributed by atoms with Crippen LogP contribution in [0.4, 0.5) is 11.6 Å². The molecule has 0 aliphatic heterocycles. The first kappa shape index (κ1) is 16.0. The number of rotatable bonds is 7. The first-order chi connectivity index (χ1) is 10.0. The SMILES string of the molecule is COCCNc1ccc(NS(=O)(=O)c2ccc(Cl)s2)nn1. The Morgan fingerprint density at radius 1 is 1.24 bits per heavy atom. The van der Waals surface area contributed by atoms with Gasteiger partial charge in [-0.3, -0.25) is 4.72 Å². The van der Waals surface area contributed by atoms with Crippen molar-refractivity contribution in [2.45, 2.75) is 4.21 Å². The van der Waals surface area contributed by atoms with E-state index in [0.717, 1.165) is 11.3 Å². The Morgan fingerprint density at radius 3 is 2.52 bits per heavy atom. The molecule has 0 saturated carbocycles. The number of thiophene rings is 1. The maximum absolute atomic E-state index is 12.1. The number of nitrogens with zero attached hydrogens (tertiary/aromatic N) is 2. The summed E-state index contributed by atoms with van der Waals surface area (Å²) in [7, 11) is -2.09. The van der Waals surface area contributed by atoms with Crippen LogP contribution in [0.5, 0.6) is 0 Å². The van der Waals surface area contributed by atoms with Gasteiger partial charge < -0.3 is 10.1 Å². The Balaban J connectivity index is 2.03. The molecule has 0 fully saturated rings. The Hall–Kier alpha value is -1.42. The van der Waals surface area contributed by atoms with E-state index in [1.54, 1.807) is 13.2 Å². The van der Waals surface area contributed by atoms with Gasteiger partial charge in [0.1, 0.15) is 10.0 Å². The predicted molar refractivity (Wildman–Crippen MR) is 82.5 cm³/mol. The van der Waals surface area contributed by atoms with Gasteiger partial charge in [0.2, 0.25) is 0 Å². The number of ether oxygens (including phenoxy) is 1. The predicted octanol–water partition coefficient (Wildman–Crippen LogP) is 2.05. The molecule has 2 rings (SSSR count). The fraction of sp³-hybridized carbons (Fsp3) is 0.273. The molecule has 0 atom stereocenters. The quantitative estimate of drug-likeness (QED) is 0.744. The lowest BCUT2D eigenvalue weighted by Gasteiger charge is -2.06. The van der Waals surface area contributed by atoms with Crippen LogP contribution < -0.4 is 10.0 Å². The van der Waals surface area contributed by atoms with Gasteiger partial charge in [-0.25, -0.2) is 8.42 Å². The van der Waals surface area contributed by atoms with Crippen molar-refractivity contribution in [2.75, 3.05) is 30.3 Å². The molecule has 114 valence electrons. The Morgan fingerprint density at radius 2 is 1.95 bits per heavy atom. The van der Waals surface area contributed by atoms with Gasteiger partial charge in [0.05, 0.1) is 10.9 Å². The average Bonchev–Trinajstić information content (AvgIpc) is 2.88. The van der Waals surface area contributed by atoms with Gasteiger partial charge in [-0.2, -0.15) is 0 Å². The Bertz CT molecular complexity index is 688. The molecular formula is C11H13ClN4O3S2. The Labute approximate surface area is 131 Å². The third-order valence-electron chi connectivity index (χ3n) is 2.33. The number of nitrogens with one attached hydrogen (secondary N) is 2. The molecule has 0 radical (unpaired) electrons. The standard InChI is InChI=1S/C11H13ClN4O3S2/c1-19-7-6-13-9-3-4-10(15-14-9)16-21(17,18)11-5-2-8(12)20-11/h2-5H,6-7H2,1H3,(H,13,14)(H,15,16). The molecule has 0 aliphatic carbocycles. The van der Waals surface area contributed by atoms with Crippen LogP contribution in [0, 0.1) is 0 Å². The monoisotopic (exact) mass is 348 g/mol. The molecule has 2 heterocycles. The number of aromatic nitrogens is 2. The van der Waals surface area contributed by atoms with E-state index >= 15 is 0 Å². The molecule has 0 saturated heterocycles. The fourth-order valence-corrected chi connectivity index (χ4v) is 3.87. The molecule has 21 heavy (non-hydrogen) atoms. The summed E-state index contributed by atoms with van der Waals surface area (Å²) in [6, 6.07) is 6.11. The van der Waals surface area contributed by atoms with E-state index in [1.807, 2.05) is 0 Å². The van der Waals surface area contributed by atoms with Crippen LogP contribution in [0.15, 0.2) is 28.5 Å².